The number of amides is 1. The van der Waals surface area contributed by atoms with Crippen molar-refractivity contribution >= 4 is 50.3 Å². The molecule has 0 aromatic heterocycles. The number of carbonyl (C=O) groups is 1. The molecule has 4 rings (SSSR count). The first-order valence-electron chi connectivity index (χ1n) is 10.4. The number of nitro groups is 2. The molecule has 2 N–H and O–H groups in total. The van der Waals surface area contributed by atoms with E-state index in [-0.39, 0.29) is 11.3 Å². The van der Waals surface area contributed by atoms with Gasteiger partial charge in [0.2, 0.25) is 0 Å². The summed E-state index contributed by atoms with van der Waals surface area (Å²) in [5.41, 5.74) is -1.03. The van der Waals surface area contributed by atoms with Gasteiger partial charge >= 0.3 is 11.4 Å². The zero-order chi connectivity index (χ0) is 25.7. The quantitative estimate of drug-likeness (QED) is 0.177. The Bertz CT molecular complexity index is 1390. The van der Waals surface area contributed by atoms with Crippen LogP contribution < -0.4 is 15.4 Å². The first kappa shape index (κ1) is 24.4. The molecule has 10 nitrogen and oxygen atoms in total. The molecule has 0 saturated carbocycles. The predicted molar refractivity (Wildman–Crippen MR) is 138 cm³/mol. The highest BCUT2D eigenvalue weighted by atomic mass is 79.9. The van der Waals surface area contributed by atoms with E-state index in [2.05, 4.69) is 26.6 Å². The minimum absolute atomic E-state index is 0.228. The Morgan fingerprint density at radius 1 is 0.750 bits per heavy atom. The molecule has 0 bridgehead atoms. The second-order valence-corrected chi connectivity index (χ2v) is 8.34. The molecular weight excluding hydrogens is 532 g/mol. The summed E-state index contributed by atoms with van der Waals surface area (Å²) in [7, 11) is 0. The lowest BCUT2D eigenvalue weighted by Gasteiger charge is -2.11. The van der Waals surface area contributed by atoms with Crippen LogP contribution in [0.2, 0.25) is 0 Å². The third-order valence-corrected chi connectivity index (χ3v) is 5.49. The van der Waals surface area contributed by atoms with Crippen LogP contribution >= 0.6 is 15.9 Å². The number of nitrogens with zero attached hydrogens (tertiary/aromatic N) is 2. The third-order valence-electron chi connectivity index (χ3n) is 4.96. The Kier molecular flexibility index (Phi) is 7.21. The molecule has 4 aromatic rings. The molecule has 0 saturated heterocycles. The lowest BCUT2D eigenvalue weighted by molar-refractivity contribution is -0.392. The van der Waals surface area contributed by atoms with Gasteiger partial charge in [-0.15, -0.1) is 0 Å². The van der Waals surface area contributed by atoms with Gasteiger partial charge in [0.05, 0.1) is 15.4 Å². The van der Waals surface area contributed by atoms with E-state index >= 15 is 0 Å². The predicted octanol–water partition coefficient (Wildman–Crippen LogP) is 7.05. The fraction of sp³-hybridized carbons (Fsp3) is 0. The van der Waals surface area contributed by atoms with Gasteiger partial charge in [-0.2, -0.15) is 0 Å². The Hall–Kier alpha value is -4.77. The van der Waals surface area contributed by atoms with Crippen LogP contribution in [0.15, 0.2) is 95.5 Å². The van der Waals surface area contributed by atoms with E-state index < -0.39 is 27.1 Å². The van der Waals surface area contributed by atoms with E-state index in [9.17, 15) is 25.0 Å². The maximum atomic E-state index is 12.7. The number of anilines is 3. The van der Waals surface area contributed by atoms with Crippen LogP contribution in [-0.2, 0) is 0 Å². The van der Waals surface area contributed by atoms with Crippen molar-refractivity contribution in [2.24, 2.45) is 0 Å². The fourth-order valence-electron chi connectivity index (χ4n) is 3.27. The number of hydrogen-bond donors (Lipinski definition) is 2. The average Bonchev–Trinajstić information content (AvgIpc) is 2.87. The van der Waals surface area contributed by atoms with Gasteiger partial charge in [-0.25, -0.2) is 0 Å². The summed E-state index contributed by atoms with van der Waals surface area (Å²) in [6.45, 7) is 0. The van der Waals surface area contributed by atoms with Gasteiger partial charge in [0.1, 0.15) is 11.5 Å². The molecule has 4 aromatic carbocycles. The van der Waals surface area contributed by atoms with Crippen LogP contribution in [0.4, 0.5) is 28.4 Å². The Morgan fingerprint density at radius 2 is 1.28 bits per heavy atom. The number of halogens is 1. The first-order valence-corrected chi connectivity index (χ1v) is 11.2. The van der Waals surface area contributed by atoms with Gasteiger partial charge in [0, 0.05) is 28.0 Å². The summed E-state index contributed by atoms with van der Waals surface area (Å²) in [5.74, 6) is 0.412. The molecule has 0 aliphatic carbocycles. The molecule has 0 unspecified atom stereocenters. The number of carbonyl (C=O) groups excluding carboxylic acids is 1. The number of nitro benzene ring substituents is 2. The molecule has 180 valence electrons. The monoisotopic (exact) mass is 548 g/mol. The normalized spacial score (nSPS) is 10.4. The van der Waals surface area contributed by atoms with Gasteiger partial charge in [0.25, 0.3) is 5.91 Å². The molecule has 11 heteroatoms. The van der Waals surface area contributed by atoms with E-state index in [1.165, 1.54) is 0 Å². The van der Waals surface area contributed by atoms with Crippen molar-refractivity contribution in [2.75, 3.05) is 10.6 Å². The minimum Gasteiger partial charge on any atom is -0.457 e. The Labute approximate surface area is 213 Å². The maximum Gasteiger partial charge on any atom is 0.300 e. The summed E-state index contributed by atoms with van der Waals surface area (Å²) < 4.78 is 6.51. The number of hydrogen-bond acceptors (Lipinski definition) is 7. The first-order chi connectivity index (χ1) is 17.3. The highest BCUT2D eigenvalue weighted by Gasteiger charge is 2.29. The number of ether oxygens (including phenoxy) is 1. The smallest absolute Gasteiger partial charge is 0.300 e. The summed E-state index contributed by atoms with van der Waals surface area (Å²) in [6.07, 6.45) is 0. The van der Waals surface area contributed by atoms with Crippen molar-refractivity contribution < 1.29 is 19.4 Å². The molecule has 0 radical (unpaired) electrons. The van der Waals surface area contributed by atoms with E-state index in [4.69, 9.17) is 4.74 Å². The van der Waals surface area contributed by atoms with Gasteiger partial charge in [-0.05, 0) is 60.7 Å². The summed E-state index contributed by atoms with van der Waals surface area (Å²) in [6, 6.07) is 24.1. The van der Waals surface area contributed by atoms with E-state index in [0.29, 0.717) is 22.9 Å². The maximum absolute atomic E-state index is 12.7. The lowest BCUT2D eigenvalue weighted by atomic mass is 10.1. The number of rotatable bonds is 8. The summed E-state index contributed by atoms with van der Waals surface area (Å²) in [5, 5.41) is 28.9. The third kappa shape index (κ3) is 5.83. The molecule has 0 aliphatic rings. The topological polar surface area (TPSA) is 137 Å². The largest absolute Gasteiger partial charge is 0.457 e. The van der Waals surface area contributed by atoms with Crippen LogP contribution in [0.3, 0.4) is 0 Å². The number of benzene rings is 4. The van der Waals surface area contributed by atoms with Crippen LogP contribution in [0, 0.1) is 20.2 Å². The molecule has 0 atom stereocenters. The van der Waals surface area contributed by atoms with Crippen LogP contribution in [0.1, 0.15) is 10.4 Å². The zero-order valence-corrected chi connectivity index (χ0v) is 20.0. The number of nitrogens with one attached hydrogen (secondary N) is 2. The van der Waals surface area contributed by atoms with Crippen LogP contribution in [-0.4, -0.2) is 15.8 Å². The summed E-state index contributed by atoms with van der Waals surface area (Å²) in [4.78, 5) is 34.7. The van der Waals surface area contributed by atoms with E-state index in [1.807, 2.05) is 18.2 Å². The van der Waals surface area contributed by atoms with Crippen molar-refractivity contribution in [3.8, 4) is 11.5 Å². The molecular formula is C25H17BrN4O6. The Balaban J connectivity index is 1.62. The molecule has 36 heavy (non-hydrogen) atoms. The van der Waals surface area contributed by atoms with Crippen LogP contribution in [0.25, 0.3) is 0 Å². The van der Waals surface area contributed by atoms with Crippen LogP contribution in [0.5, 0.6) is 11.5 Å². The average molecular weight is 549 g/mol. The van der Waals surface area contributed by atoms with Crippen molar-refractivity contribution in [1.29, 1.82) is 0 Å². The van der Waals surface area contributed by atoms with Gasteiger partial charge in [0.15, 0.2) is 5.69 Å². The van der Waals surface area contributed by atoms with Gasteiger partial charge in [-0.3, -0.25) is 25.0 Å². The van der Waals surface area contributed by atoms with Crippen molar-refractivity contribution in [1.82, 2.24) is 0 Å². The molecule has 0 aliphatic heterocycles. The van der Waals surface area contributed by atoms with E-state index in [1.54, 1.807) is 60.7 Å². The Morgan fingerprint density at radius 3 is 1.83 bits per heavy atom. The molecule has 1 amide bonds. The molecule has 0 spiro atoms. The molecule has 0 heterocycles. The highest BCUT2D eigenvalue weighted by molar-refractivity contribution is 9.10. The number of para-hydroxylation sites is 1. The second-order valence-electron chi connectivity index (χ2n) is 7.43. The van der Waals surface area contributed by atoms with Crippen molar-refractivity contribution in [2.45, 2.75) is 0 Å². The highest BCUT2D eigenvalue weighted by Crippen LogP contribution is 2.38. The lowest BCUT2D eigenvalue weighted by Crippen LogP contribution is -2.13. The second kappa shape index (κ2) is 10.7. The minimum atomic E-state index is -0.779. The fourth-order valence-corrected chi connectivity index (χ4v) is 3.54. The van der Waals surface area contributed by atoms with E-state index in [0.717, 1.165) is 16.6 Å². The standard InChI is InChI=1S/C25H17BrN4O6/c26-17-6-8-19(9-7-17)28-25(31)16-14-22(29(32)33)24(23(15-16)30(34)35)27-18-10-12-21(13-11-18)36-20-4-2-1-3-5-20/h1-15,27H,(H,28,31). The van der Waals surface area contributed by atoms with Crippen molar-refractivity contribution in [3.05, 3.63) is 121 Å². The molecule has 0 fully saturated rings. The van der Waals surface area contributed by atoms with Crippen molar-refractivity contribution in [3.63, 3.8) is 0 Å². The summed E-state index contributed by atoms with van der Waals surface area (Å²) >= 11 is 3.28. The zero-order valence-electron chi connectivity index (χ0n) is 18.4. The van der Waals surface area contributed by atoms with Gasteiger partial charge in [-0.1, -0.05) is 34.1 Å². The SMILES string of the molecule is O=C(Nc1ccc(Br)cc1)c1cc([N+](=O)[O-])c(Nc2ccc(Oc3ccccc3)cc2)c([N+](=O)[O-])c1. The van der Waals surface area contributed by atoms with Gasteiger partial charge < -0.3 is 15.4 Å².